The van der Waals surface area contributed by atoms with Crippen LogP contribution in [0.2, 0.25) is 13.1 Å². The molecule has 25 heavy (non-hydrogen) atoms. The van der Waals surface area contributed by atoms with Crippen molar-refractivity contribution in [2.45, 2.75) is 43.0 Å². The van der Waals surface area contributed by atoms with Gasteiger partial charge in [-0.3, -0.25) is 0 Å². The van der Waals surface area contributed by atoms with Gasteiger partial charge in [0.1, 0.15) is 0 Å². The van der Waals surface area contributed by atoms with E-state index in [-0.39, 0.29) is 24.8 Å². The summed E-state index contributed by atoms with van der Waals surface area (Å²) < 4.78 is 4.21. The van der Waals surface area contributed by atoms with Crippen LogP contribution >= 0.6 is 0 Å². The molecule has 0 spiro atoms. The Kier molecular flexibility index (Phi) is 7.44. The monoisotopic (exact) mass is 430 g/mol. The molecule has 2 fully saturated rings. The molecule has 0 aromatic heterocycles. The fourth-order valence-electron chi connectivity index (χ4n) is 4.90. The number of hydrogen-bond donors (Lipinski definition) is 1. The second kappa shape index (κ2) is 8.75. The number of benzene rings is 1. The summed E-state index contributed by atoms with van der Waals surface area (Å²) in [5, 5.41) is 0. The number of halogens is 2. The number of hydrogen-bond acceptors (Lipinski definition) is 1. The third-order valence-corrected chi connectivity index (χ3v) is 17.9. The predicted octanol–water partition coefficient (Wildman–Crippen LogP) is -2.17. The first-order valence-electron chi connectivity index (χ1n) is 9.08. The topological polar surface area (TPSA) is 29.1 Å². The summed E-state index contributed by atoms with van der Waals surface area (Å²) in [6.07, 6.45) is 9.80. The van der Waals surface area contributed by atoms with Crippen LogP contribution in [0, 0.1) is 17.8 Å². The van der Waals surface area contributed by atoms with Crippen LogP contribution in [-0.4, -0.2) is 12.6 Å². The average molecular weight is 431 g/mol. The molecular formula is C19H26Cl2NOSiTi. The molecule has 3 aliphatic rings. The number of nitrogens with one attached hydrogen (secondary N) is 1. The van der Waals surface area contributed by atoms with Crippen LogP contribution in [0.5, 0.6) is 0 Å². The second-order valence-electron chi connectivity index (χ2n) is 7.85. The van der Waals surface area contributed by atoms with E-state index in [1.165, 1.54) is 36.8 Å². The van der Waals surface area contributed by atoms with Crippen molar-refractivity contribution in [1.29, 1.82) is 0 Å². The molecule has 6 heteroatoms. The van der Waals surface area contributed by atoms with Gasteiger partial charge in [0.05, 0.1) is 0 Å². The molecule has 1 N–H and O–H groups in total. The van der Waals surface area contributed by atoms with E-state index in [9.17, 15) is 4.79 Å². The van der Waals surface area contributed by atoms with Crippen LogP contribution in [0.15, 0.2) is 30.3 Å². The van der Waals surface area contributed by atoms with Crippen molar-refractivity contribution in [2.24, 2.45) is 17.8 Å². The predicted molar refractivity (Wildman–Crippen MR) is 94.2 cm³/mol. The molecule has 4 rings (SSSR count). The Labute approximate surface area is 171 Å². The van der Waals surface area contributed by atoms with Crippen LogP contribution in [0.3, 0.4) is 0 Å². The first kappa shape index (κ1) is 21.2. The van der Waals surface area contributed by atoms with E-state index in [1.54, 1.807) is 0 Å². The maximum absolute atomic E-state index is 12.9. The molecule has 4 atom stereocenters. The molecule has 1 aromatic carbocycles. The maximum atomic E-state index is 12.9. The zero-order valence-corrected chi connectivity index (χ0v) is 19.1. The zero-order valence-electron chi connectivity index (χ0n) is 14.8. The minimum Gasteiger partial charge on any atom is -1.00 e. The summed E-state index contributed by atoms with van der Waals surface area (Å²) in [6, 6.07) is 8.75. The summed E-state index contributed by atoms with van der Waals surface area (Å²) in [5.74, 6) is 2.30. The van der Waals surface area contributed by atoms with Gasteiger partial charge >= 0.3 is 147 Å². The smallest absolute Gasteiger partial charge is 1.00 e. The van der Waals surface area contributed by atoms with Crippen LogP contribution in [0.4, 0.5) is 0 Å². The van der Waals surface area contributed by atoms with Crippen LogP contribution in [0.1, 0.15) is 41.0 Å². The molecule has 135 valence electrons. The SMILES string of the molecule is C[SiH](C)[Ti+2]([NH]C(=O)C1CC2CCC1C2)[CH]1C=Cc2ccccc21.[Cl-].[Cl-]. The van der Waals surface area contributed by atoms with Crippen LogP contribution < -0.4 is 28.6 Å². The second-order valence-corrected chi connectivity index (χ2v) is 20.9. The van der Waals surface area contributed by atoms with E-state index in [0.717, 1.165) is 5.92 Å². The molecule has 0 heterocycles. The van der Waals surface area contributed by atoms with E-state index in [2.05, 4.69) is 53.3 Å². The Hall–Kier alpha value is -0.0588. The van der Waals surface area contributed by atoms with Crippen molar-refractivity contribution in [3.05, 3.63) is 41.5 Å². The number of rotatable bonds is 4. The molecule has 4 unspecified atom stereocenters. The van der Waals surface area contributed by atoms with Gasteiger partial charge in [0, 0.05) is 0 Å². The fourth-order valence-corrected chi connectivity index (χ4v) is 14.8. The summed E-state index contributed by atoms with van der Waals surface area (Å²) in [7, 11) is 0. The third-order valence-electron chi connectivity index (χ3n) is 6.10. The molecule has 0 radical (unpaired) electrons. The van der Waals surface area contributed by atoms with Crippen molar-refractivity contribution in [1.82, 2.24) is 3.80 Å². The van der Waals surface area contributed by atoms with Gasteiger partial charge in [0.2, 0.25) is 0 Å². The number of allylic oxidation sites excluding steroid dienone is 1. The van der Waals surface area contributed by atoms with Gasteiger partial charge in [0.25, 0.3) is 0 Å². The Bertz CT molecular complexity index is 654. The summed E-state index contributed by atoms with van der Waals surface area (Å²) in [5.41, 5.74) is 2.84. The van der Waals surface area contributed by atoms with Crippen LogP contribution in [-0.2, 0) is 22.2 Å². The van der Waals surface area contributed by atoms with Gasteiger partial charge < -0.3 is 24.8 Å². The molecule has 3 aliphatic carbocycles. The molecule has 1 aromatic rings. The number of carbonyl (C=O) groups is 1. The number of amides is 1. The molecule has 0 saturated heterocycles. The largest absolute Gasteiger partial charge is 1.00 e. The fraction of sp³-hybridized carbons (Fsp3) is 0.526. The minimum absolute atomic E-state index is 0. The molecular weight excluding hydrogens is 405 g/mol. The first-order chi connectivity index (χ1) is 11.1. The molecule has 2 nitrogen and oxygen atoms in total. The van der Waals surface area contributed by atoms with Crippen molar-refractivity contribution < 1.29 is 47.0 Å². The van der Waals surface area contributed by atoms with Gasteiger partial charge in [-0.25, -0.2) is 0 Å². The third kappa shape index (κ3) is 4.11. The van der Waals surface area contributed by atoms with Crippen molar-refractivity contribution in [2.75, 3.05) is 0 Å². The van der Waals surface area contributed by atoms with Crippen molar-refractivity contribution >= 4 is 18.6 Å². The number of fused-ring (bicyclic) bond motifs is 3. The molecule has 2 saturated carbocycles. The van der Waals surface area contributed by atoms with Gasteiger partial charge in [-0.15, -0.1) is 0 Å². The van der Waals surface area contributed by atoms with Gasteiger partial charge in [0.15, 0.2) is 0 Å². The quantitative estimate of drug-likeness (QED) is 0.541. The maximum Gasteiger partial charge on any atom is -1.00 e. The van der Waals surface area contributed by atoms with Gasteiger partial charge in [-0.1, -0.05) is 0 Å². The Morgan fingerprint density at radius 3 is 2.56 bits per heavy atom. The normalized spacial score (nSPS) is 28.3. The van der Waals surface area contributed by atoms with E-state index < -0.39 is 24.0 Å². The zero-order chi connectivity index (χ0) is 16.0. The molecule has 2 bridgehead atoms. The van der Waals surface area contributed by atoms with Crippen molar-refractivity contribution in [3.8, 4) is 0 Å². The Morgan fingerprint density at radius 1 is 1.16 bits per heavy atom. The van der Waals surface area contributed by atoms with Crippen molar-refractivity contribution in [3.63, 3.8) is 0 Å². The Balaban J connectivity index is 0.00000113. The average Bonchev–Trinajstić information content (AvgIpc) is 3.27. The van der Waals surface area contributed by atoms with E-state index in [1.807, 2.05) is 0 Å². The van der Waals surface area contributed by atoms with E-state index in [0.29, 0.717) is 22.0 Å². The first-order valence-corrected chi connectivity index (χ1v) is 16.4. The van der Waals surface area contributed by atoms with Gasteiger partial charge in [-0.2, -0.15) is 0 Å². The summed E-state index contributed by atoms with van der Waals surface area (Å²) in [6.45, 7) is 4.04. The molecule has 0 aliphatic heterocycles. The van der Waals surface area contributed by atoms with Crippen LogP contribution in [0.25, 0.3) is 6.08 Å². The molecule has 1 amide bonds. The summed E-state index contributed by atoms with van der Waals surface area (Å²) >= 11 is -1.60. The summed E-state index contributed by atoms with van der Waals surface area (Å²) in [4.78, 5) is 12.9. The van der Waals surface area contributed by atoms with E-state index in [4.69, 9.17) is 0 Å². The Morgan fingerprint density at radius 2 is 1.92 bits per heavy atom. The minimum atomic E-state index is -1.60. The van der Waals surface area contributed by atoms with Gasteiger partial charge in [-0.05, 0) is 0 Å². The number of carbonyl (C=O) groups excluding carboxylic acids is 1. The standard InChI is InChI=1S/C9H7.C8H13NO.C2H7Si.2ClH.Ti/c1-2-5-9-7-3-6-8(9)4-1;9-8(10)7-4-5-1-2-6(7)3-5;1-3-2;;;/h1-7H;5-7H,1-4H2,(H2,9,10);3H,1-2H3;2*1H;/q;;;;;+3/p-3. The van der Waals surface area contributed by atoms with E-state index >= 15 is 0 Å².